The van der Waals surface area contributed by atoms with Crippen LogP contribution in [0.1, 0.15) is 17.5 Å². The van der Waals surface area contributed by atoms with Crippen LogP contribution < -0.4 is 16.4 Å². The molecule has 1 aliphatic heterocycles. The Balaban J connectivity index is 1.74. The number of fused-ring (bicyclic) bond motifs is 3. The van der Waals surface area contributed by atoms with Crippen molar-refractivity contribution in [1.82, 2.24) is 15.3 Å². The average Bonchev–Trinajstić information content (AvgIpc) is 2.97. The second-order valence-electron chi connectivity index (χ2n) is 6.83. The van der Waals surface area contributed by atoms with E-state index in [9.17, 15) is 13.2 Å². The van der Waals surface area contributed by atoms with Crippen molar-refractivity contribution in [2.24, 2.45) is 5.92 Å². The van der Waals surface area contributed by atoms with Gasteiger partial charge in [0.2, 0.25) is 5.95 Å². The van der Waals surface area contributed by atoms with Crippen molar-refractivity contribution in [3.05, 3.63) is 35.4 Å². The standard InChI is InChI=1S/C18H20F3N5/c19-18(20,21)13-8-23-9-14(13)24-16-12-7-3-5-10-4-1-2-6-11(10)15(12)25-17(22)26-16/h1-2,4,6,13-14,23H,3,5,7-9H2,(H3,22,24,25,26)/t13-,14-/m0/s1. The van der Waals surface area contributed by atoms with Gasteiger partial charge in [-0.2, -0.15) is 18.2 Å². The van der Waals surface area contributed by atoms with Gasteiger partial charge >= 0.3 is 6.18 Å². The molecule has 1 saturated heterocycles. The molecule has 0 radical (unpaired) electrons. The van der Waals surface area contributed by atoms with Gasteiger partial charge in [-0.3, -0.25) is 0 Å². The number of rotatable bonds is 2. The molecule has 4 N–H and O–H groups in total. The number of anilines is 2. The summed E-state index contributed by atoms with van der Waals surface area (Å²) in [7, 11) is 0. The molecule has 2 heterocycles. The van der Waals surface area contributed by atoms with Crippen LogP contribution >= 0.6 is 0 Å². The highest BCUT2D eigenvalue weighted by atomic mass is 19.4. The van der Waals surface area contributed by atoms with Crippen LogP contribution in [0.15, 0.2) is 24.3 Å². The summed E-state index contributed by atoms with van der Waals surface area (Å²) < 4.78 is 39.8. The Labute approximate surface area is 149 Å². The SMILES string of the molecule is Nc1nc(N[C@H]2CNC[C@@H]2C(F)(F)F)c2c(n1)-c1ccccc1CCC2. The smallest absolute Gasteiger partial charge is 0.368 e. The molecule has 8 heteroatoms. The van der Waals surface area contributed by atoms with Gasteiger partial charge in [0, 0.05) is 24.2 Å². The van der Waals surface area contributed by atoms with Gasteiger partial charge in [0.15, 0.2) is 0 Å². The number of aromatic nitrogens is 2. The predicted octanol–water partition coefficient (Wildman–Crippen LogP) is 2.78. The lowest BCUT2D eigenvalue weighted by Gasteiger charge is -2.24. The number of nitrogens with zero attached hydrogens (tertiary/aromatic N) is 2. The molecule has 0 amide bonds. The molecule has 1 fully saturated rings. The number of hydrogen-bond donors (Lipinski definition) is 3. The zero-order valence-electron chi connectivity index (χ0n) is 14.1. The Kier molecular flexibility index (Phi) is 4.22. The number of aryl methyl sites for hydroxylation is 1. The lowest BCUT2D eigenvalue weighted by Crippen LogP contribution is -2.38. The summed E-state index contributed by atoms with van der Waals surface area (Å²) in [5.41, 5.74) is 9.61. The van der Waals surface area contributed by atoms with Gasteiger partial charge in [-0.15, -0.1) is 0 Å². The van der Waals surface area contributed by atoms with Crippen molar-refractivity contribution in [3.8, 4) is 11.3 Å². The maximum absolute atomic E-state index is 13.3. The Hall–Kier alpha value is -2.35. The molecule has 0 spiro atoms. The zero-order chi connectivity index (χ0) is 18.3. The van der Waals surface area contributed by atoms with Gasteiger partial charge < -0.3 is 16.4 Å². The second kappa shape index (κ2) is 6.42. The first-order valence-electron chi connectivity index (χ1n) is 8.72. The molecule has 1 aromatic heterocycles. The number of benzene rings is 1. The fourth-order valence-electron chi connectivity index (χ4n) is 3.86. The van der Waals surface area contributed by atoms with Crippen LogP contribution in [0.4, 0.5) is 24.9 Å². The molecule has 1 aliphatic carbocycles. The predicted molar refractivity (Wildman–Crippen MR) is 93.7 cm³/mol. The molecule has 0 bridgehead atoms. The van der Waals surface area contributed by atoms with Crippen molar-refractivity contribution < 1.29 is 13.2 Å². The summed E-state index contributed by atoms with van der Waals surface area (Å²) in [4.78, 5) is 8.65. The van der Waals surface area contributed by atoms with Gasteiger partial charge in [-0.25, -0.2) is 4.98 Å². The Morgan fingerprint density at radius 3 is 2.73 bits per heavy atom. The third kappa shape index (κ3) is 3.09. The van der Waals surface area contributed by atoms with Gasteiger partial charge in [-0.05, 0) is 24.8 Å². The van der Waals surface area contributed by atoms with Crippen LogP contribution in [0.3, 0.4) is 0 Å². The molecule has 138 valence electrons. The van der Waals surface area contributed by atoms with Gasteiger partial charge in [0.25, 0.3) is 0 Å². The minimum absolute atomic E-state index is 0.0671. The van der Waals surface area contributed by atoms with Gasteiger partial charge in [-0.1, -0.05) is 24.3 Å². The van der Waals surface area contributed by atoms with E-state index in [0.717, 1.165) is 29.7 Å². The van der Waals surface area contributed by atoms with E-state index in [1.54, 1.807) is 0 Å². The van der Waals surface area contributed by atoms with Crippen molar-refractivity contribution in [3.63, 3.8) is 0 Å². The first-order valence-corrected chi connectivity index (χ1v) is 8.72. The number of nitrogens with one attached hydrogen (secondary N) is 2. The lowest BCUT2D eigenvalue weighted by atomic mass is 10.0. The van der Waals surface area contributed by atoms with E-state index in [1.165, 1.54) is 5.56 Å². The summed E-state index contributed by atoms with van der Waals surface area (Å²) in [5, 5.41) is 5.83. The Morgan fingerprint density at radius 2 is 1.92 bits per heavy atom. The molecule has 0 unspecified atom stereocenters. The fraction of sp³-hybridized carbons (Fsp3) is 0.444. The molecule has 1 aromatic carbocycles. The fourth-order valence-corrected chi connectivity index (χ4v) is 3.86. The summed E-state index contributed by atoms with van der Waals surface area (Å²) in [6, 6.07) is 7.17. The highest BCUT2D eigenvalue weighted by molar-refractivity contribution is 5.73. The highest BCUT2D eigenvalue weighted by Crippen LogP contribution is 2.37. The first-order chi connectivity index (χ1) is 12.4. The van der Waals surface area contributed by atoms with Crippen LogP contribution in [-0.4, -0.2) is 35.3 Å². The Morgan fingerprint density at radius 1 is 1.12 bits per heavy atom. The van der Waals surface area contributed by atoms with E-state index in [0.29, 0.717) is 12.2 Å². The number of halogens is 3. The van der Waals surface area contributed by atoms with Crippen molar-refractivity contribution in [2.45, 2.75) is 31.5 Å². The molecular weight excluding hydrogens is 343 g/mol. The zero-order valence-corrected chi connectivity index (χ0v) is 14.1. The maximum atomic E-state index is 13.3. The molecule has 0 saturated carbocycles. The largest absolute Gasteiger partial charge is 0.395 e. The average molecular weight is 363 g/mol. The van der Waals surface area contributed by atoms with E-state index >= 15 is 0 Å². The minimum atomic E-state index is -4.26. The molecule has 26 heavy (non-hydrogen) atoms. The van der Waals surface area contributed by atoms with E-state index in [1.807, 2.05) is 18.2 Å². The molecule has 5 nitrogen and oxygen atoms in total. The quantitative estimate of drug-likeness (QED) is 0.765. The topological polar surface area (TPSA) is 75.9 Å². The Bertz CT molecular complexity index is 821. The normalized spacial score (nSPS) is 22.4. The monoisotopic (exact) mass is 363 g/mol. The van der Waals surface area contributed by atoms with Gasteiger partial charge in [0.05, 0.1) is 17.7 Å². The number of alkyl halides is 3. The number of nitrogen functional groups attached to an aromatic ring is 1. The molecule has 2 atom stereocenters. The maximum Gasteiger partial charge on any atom is 0.395 e. The van der Waals surface area contributed by atoms with E-state index in [-0.39, 0.29) is 19.0 Å². The van der Waals surface area contributed by atoms with Crippen LogP contribution in [0, 0.1) is 5.92 Å². The van der Waals surface area contributed by atoms with Crippen LogP contribution in [0.5, 0.6) is 0 Å². The van der Waals surface area contributed by atoms with Gasteiger partial charge in [0.1, 0.15) is 5.82 Å². The van der Waals surface area contributed by atoms with Crippen LogP contribution in [0.25, 0.3) is 11.3 Å². The number of hydrogen-bond acceptors (Lipinski definition) is 5. The van der Waals surface area contributed by atoms with E-state index in [4.69, 9.17) is 5.73 Å². The molecule has 4 rings (SSSR count). The van der Waals surface area contributed by atoms with E-state index in [2.05, 4.69) is 26.7 Å². The third-order valence-corrected chi connectivity index (χ3v) is 5.13. The summed E-state index contributed by atoms with van der Waals surface area (Å²) in [6.07, 6.45) is -1.79. The summed E-state index contributed by atoms with van der Waals surface area (Å²) >= 11 is 0. The van der Waals surface area contributed by atoms with Crippen molar-refractivity contribution >= 4 is 11.8 Å². The second-order valence-corrected chi connectivity index (χ2v) is 6.83. The third-order valence-electron chi connectivity index (χ3n) is 5.13. The highest BCUT2D eigenvalue weighted by Gasteiger charge is 2.47. The van der Waals surface area contributed by atoms with Crippen molar-refractivity contribution in [2.75, 3.05) is 24.1 Å². The number of nitrogens with two attached hydrogens (primary N) is 1. The molecule has 2 aliphatic rings. The minimum Gasteiger partial charge on any atom is -0.368 e. The molecular formula is C18H20F3N5. The summed E-state index contributed by atoms with van der Waals surface area (Å²) in [5.74, 6) is -0.961. The van der Waals surface area contributed by atoms with Crippen molar-refractivity contribution in [1.29, 1.82) is 0 Å². The van der Waals surface area contributed by atoms with Crippen LogP contribution in [0.2, 0.25) is 0 Å². The van der Waals surface area contributed by atoms with E-state index < -0.39 is 18.1 Å². The summed E-state index contributed by atoms with van der Waals surface area (Å²) in [6.45, 7) is 0.145. The van der Waals surface area contributed by atoms with Crippen LogP contribution in [-0.2, 0) is 12.8 Å². The molecule has 2 aromatic rings. The first kappa shape index (κ1) is 17.1. The lowest BCUT2D eigenvalue weighted by molar-refractivity contribution is -0.170.